The molecule has 20 heavy (non-hydrogen) atoms. The molecule has 1 fully saturated rings. The molecule has 1 N–H and O–H groups in total. The SMILES string of the molecule is Cc1ccc(C(C)NC2CCN(C(C)C)CC2)cc1C. The van der Waals surface area contributed by atoms with Gasteiger partial charge in [0.1, 0.15) is 0 Å². The Morgan fingerprint density at radius 1 is 1.05 bits per heavy atom. The fourth-order valence-electron chi connectivity index (χ4n) is 3.07. The van der Waals surface area contributed by atoms with Gasteiger partial charge in [-0.15, -0.1) is 0 Å². The molecule has 0 radical (unpaired) electrons. The minimum atomic E-state index is 0.449. The Bertz CT molecular complexity index is 431. The van der Waals surface area contributed by atoms with Crippen LogP contribution in [0.25, 0.3) is 0 Å². The number of benzene rings is 1. The smallest absolute Gasteiger partial charge is 0.0294 e. The summed E-state index contributed by atoms with van der Waals surface area (Å²) in [6, 6.07) is 8.64. The van der Waals surface area contributed by atoms with Crippen molar-refractivity contribution in [1.82, 2.24) is 10.2 Å². The lowest BCUT2D eigenvalue weighted by Crippen LogP contribution is -2.45. The highest BCUT2D eigenvalue weighted by atomic mass is 15.2. The average Bonchev–Trinajstić information content (AvgIpc) is 2.42. The largest absolute Gasteiger partial charge is 0.307 e. The molecule has 0 spiro atoms. The van der Waals surface area contributed by atoms with Gasteiger partial charge in [-0.1, -0.05) is 18.2 Å². The summed E-state index contributed by atoms with van der Waals surface area (Å²) in [4.78, 5) is 2.58. The number of hydrogen-bond donors (Lipinski definition) is 1. The van der Waals surface area contributed by atoms with Gasteiger partial charge in [-0.2, -0.15) is 0 Å². The molecule has 112 valence electrons. The molecule has 1 saturated heterocycles. The zero-order valence-corrected chi connectivity index (χ0v) is 13.7. The number of piperidine rings is 1. The molecule has 2 nitrogen and oxygen atoms in total. The van der Waals surface area contributed by atoms with E-state index >= 15 is 0 Å². The van der Waals surface area contributed by atoms with Crippen molar-refractivity contribution in [3.05, 3.63) is 34.9 Å². The quantitative estimate of drug-likeness (QED) is 0.897. The van der Waals surface area contributed by atoms with Crippen LogP contribution < -0.4 is 5.32 Å². The van der Waals surface area contributed by atoms with Crippen molar-refractivity contribution in [2.45, 2.75) is 65.6 Å². The van der Waals surface area contributed by atoms with Gasteiger partial charge >= 0.3 is 0 Å². The minimum absolute atomic E-state index is 0.449. The van der Waals surface area contributed by atoms with Gasteiger partial charge in [0.2, 0.25) is 0 Å². The molecule has 0 saturated carbocycles. The normalized spacial score (nSPS) is 19.5. The van der Waals surface area contributed by atoms with Gasteiger partial charge in [0.25, 0.3) is 0 Å². The van der Waals surface area contributed by atoms with E-state index in [9.17, 15) is 0 Å². The maximum absolute atomic E-state index is 3.81. The van der Waals surface area contributed by atoms with E-state index in [4.69, 9.17) is 0 Å². The first-order valence-electron chi connectivity index (χ1n) is 8.04. The van der Waals surface area contributed by atoms with Crippen LogP contribution in [0.3, 0.4) is 0 Å². The van der Waals surface area contributed by atoms with Crippen molar-refractivity contribution in [3.63, 3.8) is 0 Å². The van der Waals surface area contributed by atoms with Crippen LogP contribution in [0, 0.1) is 13.8 Å². The van der Waals surface area contributed by atoms with Crippen molar-refractivity contribution >= 4 is 0 Å². The number of hydrogen-bond acceptors (Lipinski definition) is 2. The van der Waals surface area contributed by atoms with Crippen molar-refractivity contribution in [3.8, 4) is 0 Å². The van der Waals surface area contributed by atoms with Crippen molar-refractivity contribution in [2.75, 3.05) is 13.1 Å². The van der Waals surface area contributed by atoms with E-state index in [1.54, 1.807) is 0 Å². The average molecular weight is 274 g/mol. The van der Waals surface area contributed by atoms with Crippen molar-refractivity contribution in [1.29, 1.82) is 0 Å². The predicted octanol–water partition coefficient (Wildman–Crippen LogP) is 3.83. The monoisotopic (exact) mass is 274 g/mol. The van der Waals surface area contributed by atoms with Crippen LogP contribution in [-0.2, 0) is 0 Å². The highest BCUT2D eigenvalue weighted by molar-refractivity contribution is 5.31. The maximum atomic E-state index is 3.81. The molecule has 0 amide bonds. The molecular formula is C18H30N2. The number of nitrogens with one attached hydrogen (secondary N) is 1. The molecule has 1 aliphatic rings. The Hall–Kier alpha value is -0.860. The summed E-state index contributed by atoms with van der Waals surface area (Å²) in [6.07, 6.45) is 2.54. The number of likely N-dealkylation sites (tertiary alicyclic amines) is 1. The van der Waals surface area contributed by atoms with E-state index in [2.05, 4.69) is 63.0 Å². The molecule has 1 atom stereocenters. The van der Waals surface area contributed by atoms with E-state index in [1.165, 1.54) is 42.6 Å². The first kappa shape index (κ1) is 15.5. The highest BCUT2D eigenvalue weighted by Crippen LogP contribution is 2.20. The summed E-state index contributed by atoms with van der Waals surface area (Å²) in [5.74, 6) is 0. The lowest BCUT2D eigenvalue weighted by atomic mass is 9.98. The lowest BCUT2D eigenvalue weighted by molar-refractivity contribution is 0.157. The Balaban J connectivity index is 1.89. The second kappa shape index (κ2) is 6.73. The van der Waals surface area contributed by atoms with Crippen LogP contribution in [0.5, 0.6) is 0 Å². The van der Waals surface area contributed by atoms with Crippen molar-refractivity contribution in [2.24, 2.45) is 0 Å². The Kier molecular flexibility index (Phi) is 5.22. The third-order valence-electron chi connectivity index (χ3n) is 4.78. The van der Waals surface area contributed by atoms with E-state index in [0.717, 1.165) is 0 Å². The fourth-order valence-corrected chi connectivity index (χ4v) is 3.07. The molecule has 2 rings (SSSR count). The molecule has 1 aromatic rings. The van der Waals surface area contributed by atoms with Crippen LogP contribution >= 0.6 is 0 Å². The van der Waals surface area contributed by atoms with Gasteiger partial charge in [0.15, 0.2) is 0 Å². The summed E-state index contributed by atoms with van der Waals surface area (Å²) in [6.45, 7) is 13.7. The van der Waals surface area contributed by atoms with Gasteiger partial charge in [0, 0.05) is 18.1 Å². The fraction of sp³-hybridized carbons (Fsp3) is 0.667. The Labute approximate surface area is 124 Å². The number of aryl methyl sites for hydroxylation is 2. The second-order valence-electron chi connectivity index (χ2n) is 6.64. The third kappa shape index (κ3) is 3.83. The first-order chi connectivity index (χ1) is 9.47. The molecule has 0 aromatic heterocycles. The van der Waals surface area contributed by atoms with Crippen LogP contribution in [0.1, 0.15) is 56.3 Å². The Morgan fingerprint density at radius 3 is 2.25 bits per heavy atom. The molecule has 2 heteroatoms. The van der Waals surface area contributed by atoms with Gasteiger partial charge < -0.3 is 10.2 Å². The highest BCUT2D eigenvalue weighted by Gasteiger charge is 2.22. The number of nitrogens with zero attached hydrogens (tertiary/aromatic N) is 1. The summed E-state index contributed by atoms with van der Waals surface area (Å²) >= 11 is 0. The topological polar surface area (TPSA) is 15.3 Å². The lowest BCUT2D eigenvalue weighted by Gasteiger charge is -2.36. The van der Waals surface area contributed by atoms with Gasteiger partial charge in [-0.25, -0.2) is 0 Å². The molecular weight excluding hydrogens is 244 g/mol. The minimum Gasteiger partial charge on any atom is -0.307 e. The van der Waals surface area contributed by atoms with Gasteiger partial charge in [0.05, 0.1) is 0 Å². The van der Waals surface area contributed by atoms with E-state index < -0.39 is 0 Å². The predicted molar refractivity (Wildman–Crippen MR) is 87.2 cm³/mol. The summed E-state index contributed by atoms with van der Waals surface area (Å²) in [5, 5.41) is 3.81. The molecule has 1 aromatic carbocycles. The summed E-state index contributed by atoms with van der Waals surface area (Å²) in [7, 11) is 0. The van der Waals surface area contributed by atoms with Gasteiger partial charge in [-0.3, -0.25) is 0 Å². The zero-order valence-electron chi connectivity index (χ0n) is 13.7. The summed E-state index contributed by atoms with van der Waals surface area (Å²) in [5.41, 5.74) is 4.19. The summed E-state index contributed by atoms with van der Waals surface area (Å²) < 4.78 is 0. The maximum Gasteiger partial charge on any atom is 0.0294 e. The molecule has 1 heterocycles. The number of rotatable bonds is 4. The molecule has 1 aliphatic heterocycles. The standard InChI is InChI=1S/C18H30N2/c1-13(2)20-10-8-18(9-11-20)19-16(5)17-7-6-14(3)15(4)12-17/h6-7,12-13,16,18-19H,8-11H2,1-5H3. The van der Waals surface area contributed by atoms with Crippen LogP contribution in [0.15, 0.2) is 18.2 Å². The third-order valence-corrected chi connectivity index (χ3v) is 4.78. The zero-order chi connectivity index (χ0) is 14.7. The first-order valence-corrected chi connectivity index (χ1v) is 8.04. The van der Waals surface area contributed by atoms with E-state index in [-0.39, 0.29) is 0 Å². The Morgan fingerprint density at radius 2 is 1.70 bits per heavy atom. The van der Waals surface area contributed by atoms with E-state index in [0.29, 0.717) is 18.1 Å². The molecule has 0 bridgehead atoms. The molecule has 0 aliphatic carbocycles. The van der Waals surface area contributed by atoms with Gasteiger partial charge in [-0.05, 0) is 77.2 Å². The second-order valence-corrected chi connectivity index (χ2v) is 6.64. The van der Waals surface area contributed by atoms with Crippen LogP contribution in [0.2, 0.25) is 0 Å². The molecule has 1 unspecified atom stereocenters. The van der Waals surface area contributed by atoms with Crippen LogP contribution in [0.4, 0.5) is 0 Å². The van der Waals surface area contributed by atoms with E-state index in [1.807, 2.05) is 0 Å². The van der Waals surface area contributed by atoms with Crippen LogP contribution in [-0.4, -0.2) is 30.1 Å². The van der Waals surface area contributed by atoms with Crippen molar-refractivity contribution < 1.29 is 0 Å².